The zero-order valence-electron chi connectivity index (χ0n) is 13.7. The molecule has 120 valence electrons. The Labute approximate surface area is 125 Å². The van der Waals surface area contributed by atoms with Gasteiger partial charge in [0.2, 0.25) is 0 Å². The van der Waals surface area contributed by atoms with Crippen molar-refractivity contribution >= 4 is 0 Å². The number of hydrogen-bond acceptors (Lipinski definition) is 3. The summed E-state index contributed by atoms with van der Waals surface area (Å²) in [7, 11) is 0. The van der Waals surface area contributed by atoms with Gasteiger partial charge in [0.05, 0.1) is 18.8 Å². The van der Waals surface area contributed by atoms with Crippen molar-refractivity contribution in [2.75, 3.05) is 19.7 Å². The molecule has 0 aromatic heterocycles. The van der Waals surface area contributed by atoms with Gasteiger partial charge in [0.25, 0.3) is 0 Å². The van der Waals surface area contributed by atoms with Crippen molar-refractivity contribution in [2.24, 2.45) is 11.8 Å². The van der Waals surface area contributed by atoms with E-state index in [0.29, 0.717) is 25.2 Å². The third-order valence-corrected chi connectivity index (χ3v) is 4.83. The fraction of sp³-hybridized carbons (Fsp3) is 1.00. The van der Waals surface area contributed by atoms with E-state index in [1.807, 2.05) is 0 Å². The molecule has 1 rings (SSSR count). The third kappa shape index (κ3) is 6.55. The Morgan fingerprint density at radius 3 is 2.45 bits per heavy atom. The minimum Gasteiger partial charge on any atom is -0.389 e. The highest BCUT2D eigenvalue weighted by Gasteiger charge is 2.24. The zero-order chi connectivity index (χ0) is 14.8. The third-order valence-electron chi connectivity index (χ3n) is 4.83. The first-order valence-electron chi connectivity index (χ1n) is 8.71. The van der Waals surface area contributed by atoms with E-state index in [4.69, 9.17) is 4.74 Å². The van der Waals surface area contributed by atoms with Crippen molar-refractivity contribution in [1.82, 2.24) is 5.32 Å². The van der Waals surface area contributed by atoms with Gasteiger partial charge in [-0.25, -0.2) is 0 Å². The first-order valence-corrected chi connectivity index (χ1v) is 8.71. The average molecular weight is 285 g/mol. The standard InChI is InChI=1S/C17H35NO2/c1-4-14(5-2)11-18-12-16(19)13-20-17-10-8-7-9-15(17)6-3/h14-19H,4-13H2,1-3H3. The maximum absolute atomic E-state index is 10.0. The summed E-state index contributed by atoms with van der Waals surface area (Å²) in [6.07, 6.45) is 8.71. The Hall–Kier alpha value is -0.120. The van der Waals surface area contributed by atoms with Crippen LogP contribution >= 0.6 is 0 Å². The molecule has 0 bridgehead atoms. The Morgan fingerprint density at radius 2 is 1.80 bits per heavy atom. The minimum atomic E-state index is -0.371. The van der Waals surface area contributed by atoms with Crippen molar-refractivity contribution in [1.29, 1.82) is 0 Å². The van der Waals surface area contributed by atoms with E-state index in [1.54, 1.807) is 0 Å². The number of aliphatic hydroxyl groups excluding tert-OH is 1. The summed E-state index contributed by atoms with van der Waals surface area (Å²) in [4.78, 5) is 0. The molecular weight excluding hydrogens is 250 g/mol. The molecule has 1 aliphatic carbocycles. The maximum Gasteiger partial charge on any atom is 0.0897 e. The van der Waals surface area contributed by atoms with E-state index in [0.717, 1.165) is 12.5 Å². The molecule has 3 atom stereocenters. The molecule has 0 heterocycles. The minimum absolute atomic E-state index is 0.371. The second-order valence-electron chi connectivity index (χ2n) is 6.32. The molecule has 0 amide bonds. The van der Waals surface area contributed by atoms with Gasteiger partial charge in [-0.15, -0.1) is 0 Å². The normalized spacial score (nSPS) is 25.1. The molecule has 3 heteroatoms. The van der Waals surface area contributed by atoms with Crippen LogP contribution in [0.1, 0.15) is 65.7 Å². The monoisotopic (exact) mass is 285 g/mol. The predicted octanol–water partition coefficient (Wildman–Crippen LogP) is 3.36. The fourth-order valence-electron chi connectivity index (χ4n) is 3.19. The van der Waals surface area contributed by atoms with Crippen LogP contribution in [0.15, 0.2) is 0 Å². The lowest BCUT2D eigenvalue weighted by Gasteiger charge is -2.31. The summed E-state index contributed by atoms with van der Waals surface area (Å²) < 4.78 is 5.97. The van der Waals surface area contributed by atoms with E-state index in [1.165, 1.54) is 44.9 Å². The molecule has 20 heavy (non-hydrogen) atoms. The van der Waals surface area contributed by atoms with Crippen LogP contribution in [0.4, 0.5) is 0 Å². The van der Waals surface area contributed by atoms with Gasteiger partial charge in [-0.1, -0.05) is 52.9 Å². The molecular formula is C17H35NO2. The Balaban J connectivity index is 2.13. The van der Waals surface area contributed by atoms with Crippen LogP contribution in [0.25, 0.3) is 0 Å². The topological polar surface area (TPSA) is 41.5 Å². The predicted molar refractivity (Wildman–Crippen MR) is 84.9 cm³/mol. The number of hydrogen-bond donors (Lipinski definition) is 2. The molecule has 3 unspecified atom stereocenters. The van der Waals surface area contributed by atoms with Gasteiger partial charge in [0.15, 0.2) is 0 Å². The molecule has 1 aliphatic rings. The van der Waals surface area contributed by atoms with Crippen LogP contribution in [-0.2, 0) is 4.74 Å². The molecule has 1 saturated carbocycles. The highest BCUT2D eigenvalue weighted by atomic mass is 16.5. The lowest BCUT2D eigenvalue weighted by molar-refractivity contribution is -0.0500. The van der Waals surface area contributed by atoms with E-state index in [2.05, 4.69) is 26.1 Å². The lowest BCUT2D eigenvalue weighted by atomic mass is 9.85. The fourth-order valence-corrected chi connectivity index (χ4v) is 3.19. The van der Waals surface area contributed by atoms with Crippen LogP contribution in [0.2, 0.25) is 0 Å². The summed E-state index contributed by atoms with van der Waals surface area (Å²) in [5.74, 6) is 1.43. The van der Waals surface area contributed by atoms with Gasteiger partial charge < -0.3 is 15.2 Å². The summed E-state index contributed by atoms with van der Waals surface area (Å²) in [6.45, 7) is 8.84. The molecule has 3 nitrogen and oxygen atoms in total. The second-order valence-corrected chi connectivity index (χ2v) is 6.32. The molecule has 0 saturated heterocycles. The van der Waals surface area contributed by atoms with E-state index >= 15 is 0 Å². The van der Waals surface area contributed by atoms with Crippen molar-refractivity contribution in [3.8, 4) is 0 Å². The van der Waals surface area contributed by atoms with Crippen LogP contribution in [0, 0.1) is 11.8 Å². The zero-order valence-corrected chi connectivity index (χ0v) is 13.7. The van der Waals surface area contributed by atoms with E-state index in [-0.39, 0.29) is 6.10 Å². The van der Waals surface area contributed by atoms with Crippen molar-refractivity contribution in [3.63, 3.8) is 0 Å². The number of aliphatic hydroxyl groups is 1. The van der Waals surface area contributed by atoms with Crippen molar-refractivity contribution in [2.45, 2.75) is 77.9 Å². The van der Waals surface area contributed by atoms with Crippen LogP contribution in [0.3, 0.4) is 0 Å². The van der Waals surface area contributed by atoms with Crippen LogP contribution in [-0.4, -0.2) is 37.0 Å². The first kappa shape index (κ1) is 17.9. The van der Waals surface area contributed by atoms with Crippen molar-refractivity contribution in [3.05, 3.63) is 0 Å². The molecule has 0 spiro atoms. The van der Waals surface area contributed by atoms with Gasteiger partial charge in [-0.3, -0.25) is 0 Å². The van der Waals surface area contributed by atoms with E-state index < -0.39 is 0 Å². The largest absolute Gasteiger partial charge is 0.389 e. The SMILES string of the molecule is CCC(CC)CNCC(O)COC1CCCCC1CC. The second kappa shape index (κ2) is 10.6. The molecule has 1 fully saturated rings. The highest BCUT2D eigenvalue weighted by Crippen LogP contribution is 2.29. The smallest absolute Gasteiger partial charge is 0.0897 e. The molecule has 0 aliphatic heterocycles. The van der Waals surface area contributed by atoms with Gasteiger partial charge in [0.1, 0.15) is 0 Å². The number of nitrogens with one attached hydrogen (secondary N) is 1. The Kier molecular flexibility index (Phi) is 9.49. The summed E-state index contributed by atoms with van der Waals surface area (Å²) in [5, 5.41) is 13.4. The van der Waals surface area contributed by atoms with Gasteiger partial charge in [-0.2, -0.15) is 0 Å². The number of rotatable bonds is 10. The van der Waals surface area contributed by atoms with Crippen molar-refractivity contribution < 1.29 is 9.84 Å². The molecule has 2 N–H and O–H groups in total. The highest BCUT2D eigenvalue weighted by molar-refractivity contribution is 4.75. The summed E-state index contributed by atoms with van der Waals surface area (Å²) >= 11 is 0. The summed E-state index contributed by atoms with van der Waals surface area (Å²) in [6, 6.07) is 0. The van der Waals surface area contributed by atoms with Gasteiger partial charge >= 0.3 is 0 Å². The van der Waals surface area contributed by atoms with Crippen LogP contribution < -0.4 is 5.32 Å². The quantitative estimate of drug-likeness (QED) is 0.647. The van der Waals surface area contributed by atoms with Crippen LogP contribution in [0.5, 0.6) is 0 Å². The Morgan fingerprint density at radius 1 is 1.10 bits per heavy atom. The van der Waals surface area contributed by atoms with Gasteiger partial charge in [0, 0.05) is 6.54 Å². The molecule has 0 aromatic carbocycles. The molecule has 0 aromatic rings. The average Bonchev–Trinajstić information content (AvgIpc) is 2.49. The lowest BCUT2D eigenvalue weighted by Crippen LogP contribution is -2.36. The van der Waals surface area contributed by atoms with E-state index in [9.17, 15) is 5.11 Å². The summed E-state index contributed by atoms with van der Waals surface area (Å²) in [5.41, 5.74) is 0. The first-order chi connectivity index (χ1) is 9.71. The van der Waals surface area contributed by atoms with Gasteiger partial charge in [-0.05, 0) is 31.2 Å². The maximum atomic E-state index is 10.0. The molecule has 0 radical (unpaired) electrons. The number of ether oxygens (including phenoxy) is 1. The Bertz CT molecular complexity index is 231.